The van der Waals surface area contributed by atoms with Crippen LogP contribution in [-0.4, -0.2) is 48.3 Å². The molecule has 0 aliphatic carbocycles. The molecule has 1 heterocycles. The molecule has 0 radical (unpaired) electrons. The van der Waals surface area contributed by atoms with Crippen molar-refractivity contribution in [2.24, 2.45) is 0 Å². The second-order valence-corrected chi connectivity index (χ2v) is 7.72. The molecule has 2 aromatic rings. The lowest BCUT2D eigenvalue weighted by Gasteiger charge is -2.41. The van der Waals surface area contributed by atoms with Gasteiger partial charge in [0.25, 0.3) is 0 Å². The van der Waals surface area contributed by atoms with Gasteiger partial charge in [-0.05, 0) is 30.3 Å². The Labute approximate surface area is 171 Å². The van der Waals surface area contributed by atoms with E-state index in [-0.39, 0.29) is 30.3 Å². The molecular formula is C22H26ClN3O2. The summed E-state index contributed by atoms with van der Waals surface area (Å²) in [6.07, 6.45) is 0.217. The Bertz CT molecular complexity index is 810. The number of nitrogens with one attached hydrogen (secondary N) is 1. The molecule has 0 bridgehead atoms. The van der Waals surface area contributed by atoms with Crippen LogP contribution in [0.15, 0.2) is 54.6 Å². The van der Waals surface area contributed by atoms with Crippen molar-refractivity contribution in [1.29, 1.82) is 0 Å². The van der Waals surface area contributed by atoms with Crippen molar-refractivity contribution < 1.29 is 9.59 Å². The van der Waals surface area contributed by atoms with Crippen LogP contribution in [0.5, 0.6) is 0 Å². The van der Waals surface area contributed by atoms with E-state index >= 15 is 0 Å². The van der Waals surface area contributed by atoms with Gasteiger partial charge in [0.05, 0.1) is 18.5 Å². The van der Waals surface area contributed by atoms with Gasteiger partial charge in [-0.3, -0.25) is 9.59 Å². The third-order valence-electron chi connectivity index (χ3n) is 5.12. The second kappa shape index (κ2) is 9.22. The molecule has 2 amide bonds. The van der Waals surface area contributed by atoms with Crippen LogP contribution in [-0.2, 0) is 9.59 Å². The molecule has 6 heteroatoms. The van der Waals surface area contributed by atoms with Gasteiger partial charge in [0.2, 0.25) is 11.8 Å². The summed E-state index contributed by atoms with van der Waals surface area (Å²) < 4.78 is 0. The summed E-state index contributed by atoms with van der Waals surface area (Å²) in [5, 5.41) is 3.53. The van der Waals surface area contributed by atoms with Crippen LogP contribution in [0.4, 0.5) is 0 Å². The number of benzene rings is 2. The van der Waals surface area contributed by atoms with Crippen molar-refractivity contribution in [3.8, 4) is 0 Å². The van der Waals surface area contributed by atoms with E-state index in [2.05, 4.69) is 29.4 Å². The number of carbonyl (C=O) groups excluding carboxylic acids is 2. The molecular weight excluding hydrogens is 374 g/mol. The zero-order valence-corrected chi connectivity index (χ0v) is 17.0. The highest BCUT2D eigenvalue weighted by molar-refractivity contribution is 6.30. The summed E-state index contributed by atoms with van der Waals surface area (Å²) in [7, 11) is 2.07. The van der Waals surface area contributed by atoms with E-state index in [1.807, 2.05) is 35.2 Å². The summed E-state index contributed by atoms with van der Waals surface area (Å²) in [4.78, 5) is 29.1. The van der Waals surface area contributed by atoms with E-state index < -0.39 is 0 Å². The monoisotopic (exact) mass is 399 g/mol. The summed E-state index contributed by atoms with van der Waals surface area (Å²) in [5.74, 6) is -0.124. The molecule has 1 saturated heterocycles. The molecule has 0 aromatic heterocycles. The summed E-state index contributed by atoms with van der Waals surface area (Å²) >= 11 is 5.98. The zero-order chi connectivity index (χ0) is 20.1. The summed E-state index contributed by atoms with van der Waals surface area (Å²) in [6, 6.07) is 17.0. The van der Waals surface area contributed by atoms with Crippen LogP contribution in [0.3, 0.4) is 0 Å². The lowest BCUT2D eigenvalue weighted by atomic mass is 9.99. The lowest BCUT2D eigenvalue weighted by Crippen LogP contribution is -2.50. The summed E-state index contributed by atoms with van der Waals surface area (Å²) in [6.45, 7) is 3.76. The number of piperazine rings is 1. The standard InChI is InChI=1S/C22H26ClN3O2/c1-16(27)24-20(17-8-10-19(23)11-9-17)14-22(28)26-13-12-25(2)15-21(26)18-6-4-3-5-7-18/h3-11,20-21H,12-15H2,1-2H3,(H,24,27). The Morgan fingerprint density at radius 3 is 2.43 bits per heavy atom. The Balaban J connectivity index is 1.80. The molecule has 1 aliphatic heterocycles. The van der Waals surface area contributed by atoms with Crippen LogP contribution in [0.25, 0.3) is 0 Å². The van der Waals surface area contributed by atoms with Gasteiger partial charge in [0, 0.05) is 31.6 Å². The Morgan fingerprint density at radius 2 is 1.79 bits per heavy atom. The molecule has 1 fully saturated rings. The first-order chi connectivity index (χ1) is 13.4. The average molecular weight is 400 g/mol. The molecule has 2 unspecified atom stereocenters. The predicted molar refractivity (Wildman–Crippen MR) is 111 cm³/mol. The fourth-order valence-electron chi connectivity index (χ4n) is 3.66. The van der Waals surface area contributed by atoms with Gasteiger partial charge in [0.15, 0.2) is 0 Å². The molecule has 0 spiro atoms. The third kappa shape index (κ3) is 5.12. The number of amides is 2. The molecule has 28 heavy (non-hydrogen) atoms. The minimum atomic E-state index is -0.377. The predicted octanol–water partition coefficient (Wildman–Crippen LogP) is 3.42. The van der Waals surface area contributed by atoms with Crippen molar-refractivity contribution in [1.82, 2.24) is 15.1 Å². The highest BCUT2D eigenvalue weighted by atomic mass is 35.5. The van der Waals surface area contributed by atoms with Crippen molar-refractivity contribution in [2.45, 2.75) is 25.4 Å². The topological polar surface area (TPSA) is 52.7 Å². The maximum Gasteiger partial charge on any atom is 0.225 e. The number of carbonyl (C=O) groups is 2. The van der Waals surface area contributed by atoms with Crippen LogP contribution >= 0.6 is 11.6 Å². The molecule has 3 rings (SSSR count). The highest BCUT2D eigenvalue weighted by Crippen LogP contribution is 2.28. The molecule has 2 aromatic carbocycles. The van der Waals surface area contributed by atoms with Gasteiger partial charge >= 0.3 is 0 Å². The fraction of sp³-hybridized carbons (Fsp3) is 0.364. The lowest BCUT2D eigenvalue weighted by molar-refractivity contribution is -0.137. The van der Waals surface area contributed by atoms with Crippen molar-refractivity contribution >= 4 is 23.4 Å². The minimum absolute atomic E-state index is 0.00986. The number of hydrogen-bond donors (Lipinski definition) is 1. The van der Waals surface area contributed by atoms with E-state index in [1.165, 1.54) is 6.92 Å². The highest BCUT2D eigenvalue weighted by Gasteiger charge is 2.31. The molecule has 2 atom stereocenters. The van der Waals surface area contributed by atoms with Gasteiger partial charge in [-0.25, -0.2) is 0 Å². The average Bonchev–Trinajstić information content (AvgIpc) is 2.68. The Morgan fingerprint density at radius 1 is 1.11 bits per heavy atom. The number of rotatable bonds is 5. The van der Waals surface area contributed by atoms with Crippen molar-refractivity contribution in [2.75, 3.05) is 26.7 Å². The molecule has 1 aliphatic rings. The first-order valence-electron chi connectivity index (χ1n) is 9.49. The van der Waals surface area contributed by atoms with Gasteiger partial charge in [-0.1, -0.05) is 54.1 Å². The first-order valence-corrected chi connectivity index (χ1v) is 9.87. The minimum Gasteiger partial charge on any atom is -0.349 e. The maximum atomic E-state index is 13.3. The van der Waals surface area contributed by atoms with Gasteiger partial charge in [0.1, 0.15) is 0 Å². The maximum absolute atomic E-state index is 13.3. The smallest absolute Gasteiger partial charge is 0.225 e. The second-order valence-electron chi connectivity index (χ2n) is 7.28. The Kier molecular flexibility index (Phi) is 6.70. The van der Waals surface area contributed by atoms with E-state index in [4.69, 9.17) is 11.6 Å². The van der Waals surface area contributed by atoms with Crippen LogP contribution in [0, 0.1) is 0 Å². The largest absolute Gasteiger partial charge is 0.349 e. The third-order valence-corrected chi connectivity index (χ3v) is 5.37. The van der Waals surface area contributed by atoms with Crippen LogP contribution < -0.4 is 5.32 Å². The quantitative estimate of drug-likeness (QED) is 0.838. The molecule has 1 N–H and O–H groups in total. The number of hydrogen-bond acceptors (Lipinski definition) is 3. The van der Waals surface area contributed by atoms with Gasteiger partial charge in [-0.15, -0.1) is 0 Å². The van der Waals surface area contributed by atoms with Crippen molar-refractivity contribution in [3.63, 3.8) is 0 Å². The van der Waals surface area contributed by atoms with E-state index in [0.717, 1.165) is 24.2 Å². The number of likely N-dealkylation sites (N-methyl/N-ethyl adjacent to an activating group) is 1. The van der Waals surface area contributed by atoms with E-state index in [1.54, 1.807) is 12.1 Å². The van der Waals surface area contributed by atoms with E-state index in [9.17, 15) is 9.59 Å². The molecule has 148 valence electrons. The molecule has 0 saturated carbocycles. The molecule has 5 nitrogen and oxygen atoms in total. The fourth-order valence-corrected chi connectivity index (χ4v) is 3.79. The summed E-state index contributed by atoms with van der Waals surface area (Å²) in [5.41, 5.74) is 2.00. The van der Waals surface area contributed by atoms with Crippen LogP contribution in [0.2, 0.25) is 5.02 Å². The van der Waals surface area contributed by atoms with Crippen molar-refractivity contribution in [3.05, 3.63) is 70.7 Å². The normalized spacial score (nSPS) is 18.5. The van der Waals surface area contributed by atoms with Crippen LogP contribution in [0.1, 0.15) is 36.6 Å². The SMILES string of the molecule is CC(=O)NC(CC(=O)N1CCN(C)CC1c1ccccc1)c1ccc(Cl)cc1. The van der Waals surface area contributed by atoms with E-state index in [0.29, 0.717) is 11.6 Å². The van der Waals surface area contributed by atoms with Gasteiger partial charge < -0.3 is 15.1 Å². The number of nitrogens with zero attached hydrogens (tertiary/aromatic N) is 2. The first kappa shape index (κ1) is 20.4. The Hall–Kier alpha value is -2.37. The zero-order valence-electron chi connectivity index (χ0n) is 16.3. The number of halogens is 1. The van der Waals surface area contributed by atoms with Gasteiger partial charge in [-0.2, -0.15) is 0 Å².